The average molecular weight is 866 g/mol. The van der Waals surface area contributed by atoms with E-state index in [-0.39, 0.29) is 54.9 Å². The Kier molecular flexibility index (Phi) is 8.81. The SMILES string of the molecule is [2H]C([2H])([2H])C([2H])(C)N1CCCC[C@H]1C(=O)N[C@H](C(=O)C[C@H](C(=O)N1C[C@]2(C[C@H]1C(=O)C[C@]1(C(=O)NS(=O)(=O)N3C([2H])([2H])C([2H])([2H])C([2H])([2H])C3([2H])[2H])C[C@H]1C=C)C(C)(C)C21CCC1)C(C)(C)C)C1CCCCC1. The number of hydrogen-bond acceptors (Lipinski definition) is 8. The van der Waals surface area contributed by atoms with Crippen molar-refractivity contribution in [2.75, 3.05) is 26.1 Å². The van der Waals surface area contributed by atoms with Gasteiger partial charge >= 0.3 is 10.2 Å². The van der Waals surface area contributed by atoms with Gasteiger partial charge in [-0.3, -0.25) is 28.9 Å². The highest BCUT2D eigenvalue weighted by atomic mass is 32.2. The summed E-state index contributed by atoms with van der Waals surface area (Å²) in [4.78, 5) is 77.2. The highest BCUT2D eigenvalue weighted by Crippen LogP contribution is 2.88. The summed E-state index contributed by atoms with van der Waals surface area (Å²) in [6.45, 7) is 4.75. The second-order valence-corrected chi connectivity index (χ2v) is 22.1. The Morgan fingerprint density at radius 1 is 0.950 bits per heavy atom. The number of fused-ring (bicyclic) bond motifs is 1. The number of carbonyl (C=O) groups is 5. The fourth-order valence-corrected chi connectivity index (χ4v) is 13.2. The van der Waals surface area contributed by atoms with Crippen molar-refractivity contribution in [2.45, 2.75) is 182 Å². The zero-order valence-electron chi connectivity index (χ0n) is 48.4. The Balaban J connectivity index is 1.18. The first-order valence-electron chi connectivity index (χ1n) is 28.2. The van der Waals surface area contributed by atoms with Gasteiger partial charge in [-0.2, -0.15) is 12.7 Å². The lowest BCUT2D eigenvalue weighted by atomic mass is 9.73. The van der Waals surface area contributed by atoms with Crippen LogP contribution in [0.15, 0.2) is 12.7 Å². The van der Waals surface area contributed by atoms with E-state index in [2.05, 4.69) is 25.7 Å². The van der Waals surface area contributed by atoms with E-state index in [1.165, 1.54) is 22.8 Å². The lowest BCUT2D eigenvalue weighted by molar-refractivity contribution is -0.147. The highest BCUT2D eigenvalue weighted by Gasteiger charge is 2.85. The largest absolute Gasteiger partial charge is 0.345 e. The number of allylic oxidation sites excluding steroid dienone is 1. The minimum Gasteiger partial charge on any atom is -0.345 e. The van der Waals surface area contributed by atoms with Gasteiger partial charge in [0.25, 0.3) is 0 Å². The summed E-state index contributed by atoms with van der Waals surface area (Å²) in [5.41, 5.74) is -3.72. The number of carbonyl (C=O) groups excluding carboxylic acids is 5. The van der Waals surface area contributed by atoms with E-state index in [1.54, 1.807) is 4.72 Å². The van der Waals surface area contributed by atoms with Crippen molar-refractivity contribution in [3.8, 4) is 0 Å². The van der Waals surface area contributed by atoms with Gasteiger partial charge in [0.05, 0.1) is 23.5 Å². The minimum atomic E-state index is -5.69. The summed E-state index contributed by atoms with van der Waals surface area (Å²) < 4.78 is 127. The quantitative estimate of drug-likeness (QED) is 0.181. The third kappa shape index (κ3) is 7.74. The van der Waals surface area contributed by atoms with Crippen LogP contribution < -0.4 is 10.0 Å². The van der Waals surface area contributed by atoms with Gasteiger partial charge < -0.3 is 10.2 Å². The maximum Gasteiger partial charge on any atom is 0.303 e. The van der Waals surface area contributed by atoms with E-state index in [4.69, 9.17) is 16.4 Å². The van der Waals surface area contributed by atoms with Crippen LogP contribution in [0.3, 0.4) is 0 Å². The number of nitrogens with zero attached hydrogens (tertiary/aromatic N) is 3. The molecule has 3 aliphatic heterocycles. The third-order valence-electron chi connectivity index (χ3n) is 16.4. The normalized spacial score (nSPS) is 40.2. The lowest BCUT2D eigenvalue weighted by Crippen LogP contribution is -2.57. The molecule has 8 atom stereocenters. The summed E-state index contributed by atoms with van der Waals surface area (Å²) in [7, 11) is -5.69. The Bertz CT molecular complexity index is 2320. The van der Waals surface area contributed by atoms with E-state index >= 15 is 14.4 Å². The molecule has 2 N–H and O–H groups in total. The number of rotatable bonds is 15. The van der Waals surface area contributed by atoms with Gasteiger partial charge in [-0.05, 0) is 113 Å². The number of Topliss-reactive ketones (excluding diaryl/α,β-unsaturated/α-hetero) is 2. The van der Waals surface area contributed by atoms with Crippen molar-refractivity contribution in [3.63, 3.8) is 0 Å². The van der Waals surface area contributed by atoms with Crippen LogP contribution in [0.25, 0.3) is 0 Å². The molecule has 0 aromatic rings. The predicted octanol–water partition coefficient (Wildman–Crippen LogP) is 6.34. The number of likely N-dealkylation sites (tertiary alicyclic amines) is 2. The molecule has 1 unspecified atom stereocenters. The number of ketones is 2. The van der Waals surface area contributed by atoms with Gasteiger partial charge in [0.1, 0.15) is 0 Å². The van der Waals surface area contributed by atoms with Gasteiger partial charge in [0, 0.05) is 66.2 Å². The topological polar surface area (TPSA) is 153 Å². The molecule has 4 aliphatic carbocycles. The second kappa shape index (κ2) is 16.5. The van der Waals surface area contributed by atoms with E-state index in [9.17, 15) is 18.0 Å². The molecule has 7 aliphatic rings. The summed E-state index contributed by atoms with van der Waals surface area (Å²) in [6.07, 6.45) is 1.19. The molecule has 4 saturated carbocycles. The summed E-state index contributed by atoms with van der Waals surface area (Å²) >= 11 is 0. The third-order valence-corrected chi connectivity index (χ3v) is 17.5. The van der Waals surface area contributed by atoms with Crippen molar-refractivity contribution in [1.29, 1.82) is 0 Å². The van der Waals surface area contributed by atoms with Gasteiger partial charge in [-0.15, -0.1) is 6.58 Å². The molecule has 0 radical (unpaired) electrons. The highest BCUT2D eigenvalue weighted by molar-refractivity contribution is 7.87. The van der Waals surface area contributed by atoms with E-state index < -0.39 is 129 Å². The average Bonchev–Trinajstić information content (AvgIpc) is 3.96. The van der Waals surface area contributed by atoms with Crippen LogP contribution >= 0.6 is 0 Å². The zero-order chi connectivity index (χ0) is 54.2. The van der Waals surface area contributed by atoms with Crippen LogP contribution in [0.4, 0.5) is 0 Å². The maximum atomic E-state index is 15.5. The maximum absolute atomic E-state index is 15.5. The second-order valence-electron chi connectivity index (χ2n) is 20.6. The van der Waals surface area contributed by atoms with Crippen molar-refractivity contribution in [2.24, 2.45) is 44.8 Å². The molecule has 12 nitrogen and oxygen atoms in total. The monoisotopic (exact) mass is 866 g/mol. The summed E-state index contributed by atoms with van der Waals surface area (Å²) in [6, 6.07) is -5.20. The molecule has 0 aromatic carbocycles. The Hall–Kier alpha value is -2.64. The molecule has 0 aromatic heterocycles. The Labute approximate surface area is 377 Å². The zero-order valence-corrected chi connectivity index (χ0v) is 37.2. The van der Waals surface area contributed by atoms with Crippen molar-refractivity contribution in [1.82, 2.24) is 24.1 Å². The van der Waals surface area contributed by atoms with Crippen LogP contribution in [0.1, 0.15) is 174 Å². The molecule has 60 heavy (non-hydrogen) atoms. The number of piperidine rings is 1. The van der Waals surface area contributed by atoms with Crippen LogP contribution in [0.5, 0.6) is 0 Å². The number of amides is 3. The van der Waals surface area contributed by atoms with Crippen molar-refractivity contribution >= 4 is 39.5 Å². The van der Waals surface area contributed by atoms with Gasteiger partial charge in [-0.25, -0.2) is 4.72 Å². The van der Waals surface area contributed by atoms with Crippen LogP contribution in [-0.2, 0) is 34.2 Å². The minimum absolute atomic E-state index is 0.102. The molecule has 0 bridgehead atoms. The van der Waals surface area contributed by atoms with E-state index in [0.717, 1.165) is 38.5 Å². The fraction of sp³-hybridized carbons (Fsp3) is 0.851. The number of nitrogens with one attached hydrogen (secondary N) is 2. The molecule has 2 spiro atoms. The van der Waals surface area contributed by atoms with E-state index in [0.29, 0.717) is 32.1 Å². The first-order valence-corrected chi connectivity index (χ1v) is 23.6. The molecule has 13 heteroatoms. The molecule has 7 rings (SSSR count). The smallest absolute Gasteiger partial charge is 0.303 e. The van der Waals surface area contributed by atoms with Gasteiger partial charge in [0.15, 0.2) is 11.6 Å². The molecule has 7 fully saturated rings. The summed E-state index contributed by atoms with van der Waals surface area (Å²) in [5.74, 6) is -5.39. The van der Waals surface area contributed by atoms with E-state index in [1.807, 2.05) is 20.8 Å². The molecule has 3 saturated heterocycles. The van der Waals surface area contributed by atoms with Crippen LogP contribution in [-0.4, -0.2) is 102 Å². The molecule has 3 heterocycles. The van der Waals surface area contributed by atoms with Crippen molar-refractivity contribution in [3.05, 3.63) is 12.7 Å². The molecule has 3 amide bonds. The van der Waals surface area contributed by atoms with Gasteiger partial charge in [0.2, 0.25) is 17.7 Å². The van der Waals surface area contributed by atoms with Gasteiger partial charge in [-0.1, -0.05) is 72.8 Å². The predicted molar refractivity (Wildman–Crippen MR) is 231 cm³/mol. The number of hydrogen-bond donors (Lipinski definition) is 2. The Morgan fingerprint density at radius 2 is 1.62 bits per heavy atom. The Morgan fingerprint density at radius 3 is 2.18 bits per heavy atom. The van der Waals surface area contributed by atoms with Crippen LogP contribution in [0.2, 0.25) is 0 Å². The first kappa shape index (κ1) is 32.1. The standard InChI is InChI=1S/C47H75N5O7S/c1-9-33-27-45(33,42(57)49-60(58,59)50-23-15-16-24-50)29-38(54)36-28-47(44(7,8)46(47)21-17-22-46)30-52(36)41(56)34(43(4,5)6)26-37(53)39(32-18-11-10-12-19-32)48-40(55)35-20-13-14-25-51(35)31(2)3/h9,31-36,39H,1,10-30H2,2-8H3,(H,48,55)(H,49,57)/t33-,34-,35+,36+,39+,45-,47-/m1/s1/i2D3,15D2,16D2,23D2,24D2,31D/t31?,33-,34-,35+,36+,39+,45-,47-. The molecular formula is C47H75N5O7S. The first-order chi connectivity index (χ1) is 32.7. The molecule has 336 valence electrons. The van der Waals surface area contributed by atoms with Crippen molar-refractivity contribution < 1.29 is 48.8 Å². The fourth-order valence-electron chi connectivity index (χ4n) is 12.4. The molecular weight excluding hydrogens is 779 g/mol. The van der Waals surface area contributed by atoms with Crippen LogP contribution in [0, 0.1) is 44.8 Å². The lowest BCUT2D eigenvalue weighted by Gasteiger charge is -2.40. The summed E-state index contributed by atoms with van der Waals surface area (Å²) in [5, 5.41) is 3.02.